The van der Waals surface area contributed by atoms with Crippen LogP contribution in [-0.4, -0.2) is 30.3 Å². The normalized spacial score (nSPS) is 23.0. The van der Waals surface area contributed by atoms with Gasteiger partial charge in [-0.1, -0.05) is 11.6 Å². The number of ether oxygens (including phenoxy) is 1. The van der Waals surface area contributed by atoms with Gasteiger partial charge in [0.2, 0.25) is 0 Å². The minimum atomic E-state index is -0.231. The lowest BCUT2D eigenvalue weighted by atomic mass is 10.1. The number of aryl methyl sites for hydroxylation is 1. The third kappa shape index (κ3) is 2.64. The molecule has 4 heteroatoms. The molecule has 1 amide bonds. The second-order valence-corrected chi connectivity index (χ2v) is 4.81. The van der Waals surface area contributed by atoms with Gasteiger partial charge in [0.1, 0.15) is 5.75 Å². The molecule has 2 N–H and O–H groups in total. The Hall–Kier alpha value is -1.55. The Labute approximate surface area is 107 Å². The van der Waals surface area contributed by atoms with Crippen molar-refractivity contribution in [3.63, 3.8) is 0 Å². The summed E-state index contributed by atoms with van der Waals surface area (Å²) in [7, 11) is 1.67. The van der Waals surface area contributed by atoms with Crippen LogP contribution in [0.3, 0.4) is 0 Å². The van der Waals surface area contributed by atoms with E-state index >= 15 is 0 Å². The van der Waals surface area contributed by atoms with Gasteiger partial charge in [-0.2, -0.15) is 0 Å². The molecule has 2 atom stereocenters. The van der Waals surface area contributed by atoms with Crippen LogP contribution in [0.1, 0.15) is 35.2 Å². The first-order valence-electron chi connectivity index (χ1n) is 6.25. The van der Waals surface area contributed by atoms with E-state index in [0.717, 1.165) is 24.8 Å². The Kier molecular flexibility index (Phi) is 3.87. The zero-order valence-electron chi connectivity index (χ0n) is 10.8. The average Bonchev–Trinajstić information content (AvgIpc) is 2.79. The van der Waals surface area contributed by atoms with Crippen LogP contribution < -0.4 is 5.32 Å². The van der Waals surface area contributed by atoms with Gasteiger partial charge in [-0.05, 0) is 38.3 Å². The number of nitrogens with one attached hydrogen (secondary N) is 1. The Morgan fingerprint density at radius 3 is 2.94 bits per heavy atom. The lowest BCUT2D eigenvalue weighted by molar-refractivity contribution is 0.0720. The highest BCUT2D eigenvalue weighted by atomic mass is 16.5. The largest absolute Gasteiger partial charge is 0.507 e. The van der Waals surface area contributed by atoms with Crippen molar-refractivity contribution in [3.05, 3.63) is 29.3 Å². The van der Waals surface area contributed by atoms with Crippen LogP contribution >= 0.6 is 0 Å². The summed E-state index contributed by atoms with van der Waals surface area (Å²) in [4.78, 5) is 12.1. The van der Waals surface area contributed by atoms with Gasteiger partial charge in [-0.15, -0.1) is 0 Å². The van der Waals surface area contributed by atoms with E-state index in [1.165, 1.54) is 0 Å². The van der Waals surface area contributed by atoms with Gasteiger partial charge in [0.05, 0.1) is 17.7 Å². The summed E-state index contributed by atoms with van der Waals surface area (Å²) >= 11 is 0. The predicted molar refractivity (Wildman–Crippen MR) is 68.7 cm³/mol. The maximum Gasteiger partial charge on any atom is 0.255 e. The number of rotatable bonds is 3. The van der Waals surface area contributed by atoms with Crippen molar-refractivity contribution in [3.8, 4) is 5.75 Å². The SMILES string of the molecule is COC1CCCC1NC(=O)c1cc(C)ccc1O. The van der Waals surface area contributed by atoms with Crippen molar-refractivity contribution in [1.29, 1.82) is 0 Å². The van der Waals surface area contributed by atoms with Crippen LogP contribution in [0.15, 0.2) is 18.2 Å². The molecular weight excluding hydrogens is 230 g/mol. The Balaban J connectivity index is 2.09. The molecule has 0 aromatic heterocycles. The van der Waals surface area contributed by atoms with Crippen molar-refractivity contribution in [2.45, 2.75) is 38.3 Å². The molecule has 0 heterocycles. The van der Waals surface area contributed by atoms with Crippen molar-refractivity contribution in [2.24, 2.45) is 0 Å². The summed E-state index contributed by atoms with van der Waals surface area (Å²) < 4.78 is 5.34. The summed E-state index contributed by atoms with van der Waals surface area (Å²) in [5, 5.41) is 12.7. The molecule has 1 aliphatic rings. The third-order valence-corrected chi connectivity index (χ3v) is 3.47. The van der Waals surface area contributed by atoms with Crippen molar-refractivity contribution < 1.29 is 14.6 Å². The lowest BCUT2D eigenvalue weighted by Gasteiger charge is -2.20. The number of phenols is 1. The van der Waals surface area contributed by atoms with E-state index in [9.17, 15) is 9.90 Å². The topological polar surface area (TPSA) is 58.6 Å². The second-order valence-electron chi connectivity index (χ2n) is 4.81. The van der Waals surface area contributed by atoms with Gasteiger partial charge in [0.25, 0.3) is 5.91 Å². The number of aromatic hydroxyl groups is 1. The number of benzene rings is 1. The maximum absolute atomic E-state index is 12.1. The summed E-state index contributed by atoms with van der Waals surface area (Å²) in [5.41, 5.74) is 1.28. The van der Waals surface area contributed by atoms with Gasteiger partial charge in [0, 0.05) is 7.11 Å². The number of phenolic OH excluding ortho intramolecular Hbond substituents is 1. The maximum atomic E-state index is 12.1. The third-order valence-electron chi connectivity index (χ3n) is 3.47. The molecule has 0 bridgehead atoms. The molecule has 98 valence electrons. The minimum Gasteiger partial charge on any atom is -0.507 e. The first kappa shape index (κ1) is 12.9. The lowest BCUT2D eigenvalue weighted by Crippen LogP contribution is -2.40. The number of carbonyl (C=O) groups is 1. The number of hydrogen-bond acceptors (Lipinski definition) is 3. The number of hydrogen-bond donors (Lipinski definition) is 2. The summed E-state index contributed by atoms with van der Waals surface area (Å²) in [6.07, 6.45) is 3.04. The quantitative estimate of drug-likeness (QED) is 0.861. The molecule has 0 aliphatic heterocycles. The van der Waals surface area contributed by atoms with Crippen molar-refractivity contribution >= 4 is 5.91 Å². The first-order chi connectivity index (χ1) is 8.61. The average molecular weight is 249 g/mol. The molecule has 0 spiro atoms. The molecule has 0 saturated heterocycles. The highest BCUT2D eigenvalue weighted by molar-refractivity contribution is 5.97. The molecule has 1 saturated carbocycles. The predicted octanol–water partition coefficient (Wildman–Crippen LogP) is 2.00. The van der Waals surface area contributed by atoms with Crippen LogP contribution in [0.4, 0.5) is 0 Å². The van der Waals surface area contributed by atoms with Crippen LogP contribution in [0.2, 0.25) is 0 Å². The van der Waals surface area contributed by atoms with Crippen molar-refractivity contribution in [2.75, 3.05) is 7.11 Å². The molecule has 2 rings (SSSR count). The van der Waals surface area contributed by atoms with Crippen molar-refractivity contribution in [1.82, 2.24) is 5.32 Å². The Morgan fingerprint density at radius 1 is 1.44 bits per heavy atom. The molecule has 1 aromatic carbocycles. The fourth-order valence-corrected chi connectivity index (χ4v) is 2.45. The van der Waals surface area contributed by atoms with E-state index in [4.69, 9.17) is 4.74 Å². The summed E-state index contributed by atoms with van der Waals surface area (Å²) in [6.45, 7) is 1.89. The van der Waals surface area contributed by atoms with E-state index in [1.807, 2.05) is 6.92 Å². The van der Waals surface area contributed by atoms with E-state index in [0.29, 0.717) is 5.56 Å². The van der Waals surface area contributed by atoms with E-state index in [2.05, 4.69) is 5.32 Å². The first-order valence-corrected chi connectivity index (χ1v) is 6.25. The van der Waals surface area contributed by atoms with Crippen LogP contribution in [0.5, 0.6) is 5.75 Å². The van der Waals surface area contributed by atoms with E-state index < -0.39 is 0 Å². The molecule has 4 nitrogen and oxygen atoms in total. The van der Waals surface area contributed by atoms with Gasteiger partial charge in [-0.3, -0.25) is 4.79 Å². The van der Waals surface area contributed by atoms with Crippen LogP contribution in [-0.2, 0) is 4.74 Å². The Bertz CT molecular complexity index is 445. The molecule has 18 heavy (non-hydrogen) atoms. The standard InChI is InChI=1S/C14H19NO3/c1-9-6-7-12(16)10(8-9)14(17)15-11-4-3-5-13(11)18-2/h6-8,11,13,16H,3-5H2,1-2H3,(H,15,17). The number of amides is 1. The summed E-state index contributed by atoms with van der Waals surface area (Å²) in [5.74, 6) is -0.213. The number of carbonyl (C=O) groups excluding carboxylic acids is 1. The second kappa shape index (κ2) is 5.40. The van der Waals surface area contributed by atoms with Crippen LogP contribution in [0, 0.1) is 6.92 Å². The van der Waals surface area contributed by atoms with Crippen LogP contribution in [0.25, 0.3) is 0 Å². The number of methoxy groups -OCH3 is 1. The fraction of sp³-hybridized carbons (Fsp3) is 0.500. The van der Waals surface area contributed by atoms with Gasteiger partial charge < -0.3 is 15.2 Å². The molecule has 1 aromatic rings. The zero-order valence-corrected chi connectivity index (χ0v) is 10.8. The molecule has 1 fully saturated rings. The fourth-order valence-electron chi connectivity index (χ4n) is 2.45. The smallest absolute Gasteiger partial charge is 0.255 e. The molecule has 1 aliphatic carbocycles. The summed E-state index contributed by atoms with van der Waals surface area (Å²) in [6, 6.07) is 5.07. The van der Waals surface area contributed by atoms with Gasteiger partial charge in [-0.25, -0.2) is 0 Å². The molecule has 0 radical (unpaired) electrons. The minimum absolute atomic E-state index is 0.0186. The molecule has 2 unspecified atom stereocenters. The monoisotopic (exact) mass is 249 g/mol. The van der Waals surface area contributed by atoms with Gasteiger partial charge >= 0.3 is 0 Å². The van der Waals surface area contributed by atoms with Gasteiger partial charge in [0.15, 0.2) is 0 Å². The molecular formula is C14H19NO3. The highest BCUT2D eigenvalue weighted by Crippen LogP contribution is 2.23. The zero-order chi connectivity index (χ0) is 13.1. The highest BCUT2D eigenvalue weighted by Gasteiger charge is 2.29. The Morgan fingerprint density at radius 2 is 2.22 bits per heavy atom. The van der Waals surface area contributed by atoms with E-state index in [1.54, 1.807) is 25.3 Å². The van der Waals surface area contributed by atoms with E-state index in [-0.39, 0.29) is 23.8 Å².